The molecule has 0 unspecified atom stereocenters. The summed E-state index contributed by atoms with van der Waals surface area (Å²) in [6, 6.07) is 14.2. The third-order valence-electron chi connectivity index (χ3n) is 4.64. The molecule has 0 atom stereocenters. The minimum Gasteiger partial charge on any atom is -0.399 e. The van der Waals surface area contributed by atoms with Crippen molar-refractivity contribution in [2.75, 3.05) is 5.32 Å². The van der Waals surface area contributed by atoms with E-state index in [2.05, 4.69) is 62.3 Å². The zero-order valence-electron chi connectivity index (χ0n) is 14.2. The van der Waals surface area contributed by atoms with Crippen LogP contribution in [-0.4, -0.2) is 23.3 Å². The van der Waals surface area contributed by atoms with Gasteiger partial charge in [0.25, 0.3) is 0 Å². The van der Waals surface area contributed by atoms with Crippen LogP contribution >= 0.6 is 0 Å². The van der Waals surface area contributed by atoms with E-state index in [0.717, 1.165) is 17.8 Å². The van der Waals surface area contributed by atoms with Gasteiger partial charge in [-0.15, -0.1) is 0 Å². The van der Waals surface area contributed by atoms with Gasteiger partial charge in [0.1, 0.15) is 5.82 Å². The summed E-state index contributed by atoms with van der Waals surface area (Å²) in [5, 5.41) is 3.30. The van der Waals surface area contributed by atoms with Crippen LogP contribution < -0.4 is 10.8 Å². The molecule has 1 aromatic carbocycles. The average molecular weight is 310 g/mol. The number of benzene rings is 1. The number of hydrogen-bond donors (Lipinski definition) is 1. The summed E-state index contributed by atoms with van der Waals surface area (Å²) >= 11 is 0. The highest BCUT2D eigenvalue weighted by Crippen LogP contribution is 2.36. The van der Waals surface area contributed by atoms with Crippen LogP contribution in [0.4, 0.5) is 5.82 Å². The molecule has 1 aromatic heterocycles. The van der Waals surface area contributed by atoms with Crippen molar-refractivity contribution >= 4 is 18.4 Å². The highest BCUT2D eigenvalue weighted by molar-refractivity contribution is 6.62. The summed E-state index contributed by atoms with van der Waals surface area (Å²) in [6.07, 6.45) is 1.78. The van der Waals surface area contributed by atoms with Crippen LogP contribution in [0.2, 0.25) is 0 Å². The Labute approximate surface area is 138 Å². The summed E-state index contributed by atoms with van der Waals surface area (Å²) in [6.45, 7) is 9.01. The molecule has 0 radical (unpaired) electrons. The van der Waals surface area contributed by atoms with Gasteiger partial charge in [0.2, 0.25) is 0 Å². The van der Waals surface area contributed by atoms with Crippen molar-refractivity contribution in [3.63, 3.8) is 0 Å². The lowest BCUT2D eigenvalue weighted by Crippen LogP contribution is -2.41. The molecule has 0 bridgehead atoms. The molecular weight excluding hydrogens is 287 g/mol. The quantitative estimate of drug-likeness (QED) is 0.882. The molecule has 0 amide bonds. The minimum absolute atomic E-state index is 0.308. The summed E-state index contributed by atoms with van der Waals surface area (Å²) in [4.78, 5) is 4.26. The molecule has 1 fully saturated rings. The minimum atomic E-state index is -0.309. The molecule has 0 spiro atoms. The smallest absolute Gasteiger partial charge is 0.399 e. The number of nitrogens with zero attached hydrogens (tertiary/aromatic N) is 1. The molecule has 0 aliphatic carbocycles. The molecule has 1 saturated heterocycles. The van der Waals surface area contributed by atoms with Gasteiger partial charge in [0.15, 0.2) is 0 Å². The second kappa shape index (κ2) is 5.98. The lowest BCUT2D eigenvalue weighted by molar-refractivity contribution is 0.00578. The molecule has 23 heavy (non-hydrogen) atoms. The number of aromatic nitrogens is 1. The second-order valence-corrected chi connectivity index (χ2v) is 6.90. The molecule has 3 rings (SSSR count). The van der Waals surface area contributed by atoms with E-state index in [1.54, 1.807) is 6.20 Å². The first-order valence-electron chi connectivity index (χ1n) is 7.97. The van der Waals surface area contributed by atoms with Crippen LogP contribution in [0.1, 0.15) is 33.3 Å². The van der Waals surface area contributed by atoms with Crippen molar-refractivity contribution in [3.05, 3.63) is 54.2 Å². The van der Waals surface area contributed by atoms with E-state index in [9.17, 15) is 0 Å². The Morgan fingerprint density at radius 1 is 0.957 bits per heavy atom. The van der Waals surface area contributed by atoms with Gasteiger partial charge in [0, 0.05) is 12.7 Å². The Morgan fingerprint density at radius 2 is 1.61 bits per heavy atom. The summed E-state index contributed by atoms with van der Waals surface area (Å²) < 4.78 is 12.1. The van der Waals surface area contributed by atoms with Crippen LogP contribution in [0.3, 0.4) is 0 Å². The predicted octanol–water partition coefficient (Wildman–Crippen LogP) is 2.99. The first-order valence-corrected chi connectivity index (χ1v) is 7.97. The fourth-order valence-electron chi connectivity index (χ4n) is 2.43. The maximum absolute atomic E-state index is 6.07. The van der Waals surface area contributed by atoms with E-state index in [0.29, 0.717) is 0 Å². The molecule has 4 nitrogen and oxygen atoms in total. The molecule has 2 heterocycles. The van der Waals surface area contributed by atoms with Crippen molar-refractivity contribution in [2.24, 2.45) is 0 Å². The Kier molecular flexibility index (Phi) is 4.17. The third-order valence-corrected chi connectivity index (χ3v) is 4.64. The zero-order valence-corrected chi connectivity index (χ0v) is 14.2. The van der Waals surface area contributed by atoms with Crippen molar-refractivity contribution in [1.29, 1.82) is 0 Å². The molecule has 1 aliphatic rings. The SMILES string of the molecule is CC1(C)OB(c2ccc(CNc3ccccn3)cc2)OC1(C)C. The molecule has 120 valence electrons. The van der Waals surface area contributed by atoms with E-state index in [1.165, 1.54) is 5.56 Å². The Hall–Kier alpha value is -1.85. The lowest BCUT2D eigenvalue weighted by atomic mass is 9.79. The van der Waals surface area contributed by atoms with E-state index in [1.807, 2.05) is 18.2 Å². The molecule has 5 heteroatoms. The number of rotatable bonds is 4. The number of pyridine rings is 1. The highest BCUT2D eigenvalue weighted by atomic mass is 16.7. The average Bonchev–Trinajstić information content (AvgIpc) is 2.75. The molecule has 0 saturated carbocycles. The van der Waals surface area contributed by atoms with Crippen molar-refractivity contribution < 1.29 is 9.31 Å². The molecule has 1 N–H and O–H groups in total. The monoisotopic (exact) mass is 310 g/mol. The fourth-order valence-corrected chi connectivity index (χ4v) is 2.43. The van der Waals surface area contributed by atoms with Gasteiger partial charge in [0.05, 0.1) is 11.2 Å². The van der Waals surface area contributed by atoms with E-state index < -0.39 is 0 Å². The number of nitrogens with one attached hydrogen (secondary N) is 1. The first-order chi connectivity index (χ1) is 10.9. The summed E-state index contributed by atoms with van der Waals surface area (Å²) in [5.41, 5.74) is 1.62. The molecule has 2 aromatic rings. The second-order valence-electron chi connectivity index (χ2n) is 6.90. The van der Waals surface area contributed by atoms with Crippen molar-refractivity contribution in [3.8, 4) is 0 Å². The third kappa shape index (κ3) is 3.41. The van der Waals surface area contributed by atoms with Crippen molar-refractivity contribution in [2.45, 2.75) is 45.4 Å². The van der Waals surface area contributed by atoms with Crippen LogP contribution in [-0.2, 0) is 15.9 Å². The highest BCUT2D eigenvalue weighted by Gasteiger charge is 2.51. The van der Waals surface area contributed by atoms with Gasteiger partial charge in [-0.1, -0.05) is 30.3 Å². The van der Waals surface area contributed by atoms with Gasteiger partial charge < -0.3 is 14.6 Å². The Bertz CT molecular complexity index is 640. The standard InChI is InChI=1S/C18H23BN2O2/c1-17(2)18(3,4)23-19(22-17)15-10-8-14(9-11-15)13-21-16-7-5-6-12-20-16/h5-12H,13H2,1-4H3,(H,20,21). The fraction of sp³-hybridized carbons (Fsp3) is 0.389. The lowest BCUT2D eigenvalue weighted by Gasteiger charge is -2.32. The Morgan fingerprint density at radius 3 is 2.17 bits per heavy atom. The Balaban J connectivity index is 1.64. The predicted molar refractivity (Wildman–Crippen MR) is 93.7 cm³/mol. The molecular formula is C18H23BN2O2. The van der Waals surface area contributed by atoms with Crippen LogP contribution in [0, 0.1) is 0 Å². The van der Waals surface area contributed by atoms with Crippen LogP contribution in [0.15, 0.2) is 48.7 Å². The molecule has 1 aliphatic heterocycles. The maximum atomic E-state index is 6.07. The van der Waals surface area contributed by atoms with E-state index in [4.69, 9.17) is 9.31 Å². The maximum Gasteiger partial charge on any atom is 0.494 e. The van der Waals surface area contributed by atoms with E-state index >= 15 is 0 Å². The first kappa shape index (κ1) is 16.0. The summed E-state index contributed by atoms with van der Waals surface area (Å²) in [5.74, 6) is 0.877. The number of anilines is 1. The van der Waals surface area contributed by atoms with Gasteiger partial charge in [-0.2, -0.15) is 0 Å². The largest absolute Gasteiger partial charge is 0.494 e. The number of hydrogen-bond acceptors (Lipinski definition) is 4. The zero-order chi connectivity index (χ0) is 16.5. The van der Waals surface area contributed by atoms with Gasteiger partial charge in [-0.25, -0.2) is 4.98 Å². The van der Waals surface area contributed by atoms with Gasteiger partial charge >= 0.3 is 7.12 Å². The van der Waals surface area contributed by atoms with Gasteiger partial charge in [-0.05, 0) is 50.9 Å². The van der Waals surface area contributed by atoms with Gasteiger partial charge in [-0.3, -0.25) is 0 Å². The van der Waals surface area contributed by atoms with Crippen LogP contribution in [0.5, 0.6) is 0 Å². The topological polar surface area (TPSA) is 43.4 Å². The van der Waals surface area contributed by atoms with E-state index in [-0.39, 0.29) is 18.3 Å². The summed E-state index contributed by atoms with van der Waals surface area (Å²) in [7, 11) is -0.308. The normalized spacial score (nSPS) is 18.9. The van der Waals surface area contributed by atoms with Crippen molar-refractivity contribution in [1.82, 2.24) is 4.98 Å². The van der Waals surface area contributed by atoms with Crippen LogP contribution in [0.25, 0.3) is 0 Å².